The van der Waals surface area contributed by atoms with E-state index in [4.69, 9.17) is 0 Å². The summed E-state index contributed by atoms with van der Waals surface area (Å²) >= 11 is 1.78. The molecule has 0 aliphatic heterocycles. The monoisotopic (exact) mass is 194 g/mol. The van der Waals surface area contributed by atoms with Crippen LogP contribution >= 0.6 is 11.3 Å². The van der Waals surface area contributed by atoms with Crippen LogP contribution in [0.2, 0.25) is 0 Å². The van der Waals surface area contributed by atoms with Gasteiger partial charge in [0.2, 0.25) is 0 Å². The molecule has 0 radical (unpaired) electrons. The number of hydrogen-bond acceptors (Lipinski definition) is 2. The molecule has 0 unspecified atom stereocenters. The van der Waals surface area contributed by atoms with Crippen molar-refractivity contribution in [2.24, 2.45) is 0 Å². The van der Waals surface area contributed by atoms with E-state index < -0.39 is 6.61 Å². The Hall–Kier alpha value is -0.480. The van der Waals surface area contributed by atoms with E-state index >= 15 is 0 Å². The van der Waals surface area contributed by atoms with Gasteiger partial charge < -0.3 is 4.74 Å². The molecule has 0 bridgehead atoms. The summed E-state index contributed by atoms with van der Waals surface area (Å²) in [5.41, 5.74) is 0. The minimum Gasteiger partial charge on any atom is -0.323 e. The number of ether oxygens (including phenoxy) is 1. The van der Waals surface area contributed by atoms with Crippen LogP contribution in [-0.4, -0.2) is 13.2 Å². The fourth-order valence-electron chi connectivity index (χ4n) is 0.487. The first kappa shape index (κ1) is 11.5. The molecule has 4 heteroatoms. The summed E-state index contributed by atoms with van der Waals surface area (Å²) in [6.45, 7) is 1.10. The fraction of sp³-hybridized carbons (Fsp3) is 0.500. The van der Waals surface area contributed by atoms with Crippen LogP contribution in [-0.2, 0) is 4.74 Å². The van der Waals surface area contributed by atoms with E-state index in [1.807, 2.05) is 0 Å². The second kappa shape index (κ2) is 7.18. The van der Waals surface area contributed by atoms with Gasteiger partial charge in [-0.2, -0.15) is 8.78 Å². The highest BCUT2D eigenvalue weighted by molar-refractivity contribution is 7.09. The average Bonchev–Trinajstić information content (AvgIpc) is 2.40. The lowest BCUT2D eigenvalue weighted by Crippen LogP contribution is -1.95. The standard InChI is InChI=1S/C5H6S.C3H6F2O/c1-5-3-2-4-6-5;1-2-6-3(4)5/h2-4H,1H3;3H,2H2,1H3. The molecule has 1 aromatic heterocycles. The Morgan fingerprint density at radius 2 is 2.25 bits per heavy atom. The normalized spacial score (nSPS) is 9.42. The Labute approximate surface area is 75.0 Å². The lowest BCUT2D eigenvalue weighted by atomic mass is 10.5. The zero-order chi connectivity index (χ0) is 9.40. The zero-order valence-electron chi connectivity index (χ0n) is 7.09. The smallest absolute Gasteiger partial charge is 0.323 e. The van der Waals surface area contributed by atoms with Crippen molar-refractivity contribution in [2.45, 2.75) is 20.5 Å². The predicted octanol–water partition coefficient (Wildman–Crippen LogP) is 3.30. The van der Waals surface area contributed by atoms with E-state index in [0.29, 0.717) is 0 Å². The Balaban J connectivity index is 0.000000202. The number of alkyl halides is 2. The van der Waals surface area contributed by atoms with Gasteiger partial charge >= 0.3 is 6.61 Å². The van der Waals surface area contributed by atoms with Crippen LogP contribution in [0.1, 0.15) is 11.8 Å². The molecule has 70 valence electrons. The largest absolute Gasteiger partial charge is 0.345 e. The second-order valence-corrected chi connectivity index (χ2v) is 3.09. The van der Waals surface area contributed by atoms with E-state index in [1.54, 1.807) is 11.3 Å². The maximum absolute atomic E-state index is 10.8. The van der Waals surface area contributed by atoms with Gasteiger partial charge in [-0.15, -0.1) is 11.3 Å². The molecule has 1 heterocycles. The van der Waals surface area contributed by atoms with E-state index in [0.717, 1.165) is 0 Å². The van der Waals surface area contributed by atoms with Gasteiger partial charge in [0.1, 0.15) is 0 Å². The molecular weight excluding hydrogens is 182 g/mol. The second-order valence-electron chi connectivity index (χ2n) is 1.94. The molecule has 12 heavy (non-hydrogen) atoms. The third-order valence-corrected chi connectivity index (χ3v) is 1.76. The SMILES string of the molecule is CCOC(F)F.Cc1cccs1. The highest BCUT2D eigenvalue weighted by Crippen LogP contribution is 2.03. The van der Waals surface area contributed by atoms with Crippen LogP contribution in [0.15, 0.2) is 17.5 Å². The first-order chi connectivity index (χ1) is 5.66. The van der Waals surface area contributed by atoms with Crippen molar-refractivity contribution in [1.82, 2.24) is 0 Å². The van der Waals surface area contributed by atoms with Gasteiger partial charge in [0.05, 0.1) is 0 Å². The van der Waals surface area contributed by atoms with E-state index in [1.165, 1.54) is 11.8 Å². The minimum atomic E-state index is -2.60. The summed E-state index contributed by atoms with van der Waals surface area (Å²) in [5, 5.41) is 2.08. The molecule has 0 aromatic carbocycles. The van der Waals surface area contributed by atoms with E-state index in [9.17, 15) is 8.78 Å². The molecule has 0 aliphatic carbocycles. The highest BCUT2D eigenvalue weighted by atomic mass is 32.1. The summed E-state index contributed by atoms with van der Waals surface area (Å²) in [7, 11) is 0. The van der Waals surface area contributed by atoms with Crippen LogP contribution in [0.3, 0.4) is 0 Å². The summed E-state index contributed by atoms with van der Waals surface area (Å²) in [6.07, 6.45) is 0. The van der Waals surface area contributed by atoms with E-state index in [2.05, 4.69) is 29.2 Å². The predicted molar refractivity (Wildman–Crippen MR) is 46.7 cm³/mol. The van der Waals surface area contributed by atoms with Gasteiger partial charge in [-0.05, 0) is 25.3 Å². The van der Waals surface area contributed by atoms with Crippen molar-refractivity contribution in [3.05, 3.63) is 22.4 Å². The minimum absolute atomic E-state index is 0.0810. The molecule has 1 rings (SSSR count). The molecule has 0 N–H and O–H groups in total. The van der Waals surface area contributed by atoms with Crippen LogP contribution in [0.25, 0.3) is 0 Å². The molecule has 1 aromatic rings. The van der Waals surface area contributed by atoms with Gasteiger partial charge in [-0.25, -0.2) is 0 Å². The van der Waals surface area contributed by atoms with Gasteiger partial charge in [0.25, 0.3) is 0 Å². The summed E-state index contributed by atoms with van der Waals surface area (Å²) in [4.78, 5) is 1.38. The topological polar surface area (TPSA) is 9.23 Å². The van der Waals surface area contributed by atoms with Crippen molar-refractivity contribution in [2.75, 3.05) is 6.61 Å². The molecular formula is C8H12F2OS. The first-order valence-corrected chi connectivity index (χ1v) is 4.44. The van der Waals surface area contributed by atoms with Crippen molar-refractivity contribution in [3.63, 3.8) is 0 Å². The van der Waals surface area contributed by atoms with Crippen molar-refractivity contribution in [3.8, 4) is 0 Å². The Morgan fingerprint density at radius 1 is 1.58 bits per heavy atom. The summed E-state index contributed by atoms with van der Waals surface area (Å²) < 4.78 is 25.3. The number of aryl methyl sites for hydroxylation is 1. The zero-order valence-corrected chi connectivity index (χ0v) is 7.91. The number of halogens is 2. The van der Waals surface area contributed by atoms with Gasteiger partial charge in [0, 0.05) is 11.5 Å². The third-order valence-electron chi connectivity index (χ3n) is 0.956. The lowest BCUT2D eigenvalue weighted by Gasteiger charge is -1.92. The van der Waals surface area contributed by atoms with Gasteiger partial charge in [0.15, 0.2) is 0 Å². The molecule has 0 saturated carbocycles. The Kier molecular flexibility index (Phi) is 6.90. The third kappa shape index (κ3) is 7.63. The molecule has 0 fully saturated rings. The Morgan fingerprint density at radius 3 is 2.33 bits per heavy atom. The number of hydrogen-bond donors (Lipinski definition) is 0. The maximum atomic E-state index is 10.8. The quantitative estimate of drug-likeness (QED) is 0.701. The molecule has 0 amide bonds. The van der Waals surface area contributed by atoms with Gasteiger partial charge in [-0.1, -0.05) is 6.07 Å². The van der Waals surface area contributed by atoms with Crippen LogP contribution < -0.4 is 0 Å². The summed E-state index contributed by atoms with van der Waals surface area (Å²) in [5.74, 6) is 0. The Bertz CT molecular complexity index is 175. The number of rotatable bonds is 2. The molecule has 0 saturated heterocycles. The van der Waals surface area contributed by atoms with Crippen LogP contribution in [0.4, 0.5) is 8.78 Å². The van der Waals surface area contributed by atoms with Crippen molar-refractivity contribution in [1.29, 1.82) is 0 Å². The van der Waals surface area contributed by atoms with Gasteiger partial charge in [-0.3, -0.25) is 0 Å². The molecule has 1 nitrogen and oxygen atoms in total. The van der Waals surface area contributed by atoms with Crippen LogP contribution in [0, 0.1) is 6.92 Å². The lowest BCUT2D eigenvalue weighted by molar-refractivity contribution is -0.124. The first-order valence-electron chi connectivity index (χ1n) is 3.56. The number of thiophene rings is 1. The fourth-order valence-corrected chi connectivity index (χ4v) is 1.02. The maximum Gasteiger partial charge on any atom is 0.345 e. The van der Waals surface area contributed by atoms with Crippen molar-refractivity contribution >= 4 is 11.3 Å². The van der Waals surface area contributed by atoms with Crippen LogP contribution in [0.5, 0.6) is 0 Å². The molecule has 0 spiro atoms. The summed E-state index contributed by atoms with van der Waals surface area (Å²) in [6, 6.07) is 4.16. The highest BCUT2D eigenvalue weighted by Gasteiger charge is 1.94. The van der Waals surface area contributed by atoms with E-state index in [-0.39, 0.29) is 6.61 Å². The van der Waals surface area contributed by atoms with Crippen molar-refractivity contribution < 1.29 is 13.5 Å². The molecule has 0 aliphatic rings. The average molecular weight is 194 g/mol. The molecule has 0 atom stereocenters.